The first-order valence-electron chi connectivity index (χ1n) is 14.4. The van der Waals surface area contributed by atoms with Gasteiger partial charge in [0.25, 0.3) is 0 Å². The van der Waals surface area contributed by atoms with Gasteiger partial charge in [0.1, 0.15) is 6.04 Å². The van der Waals surface area contributed by atoms with Gasteiger partial charge in [0.15, 0.2) is 0 Å². The molecular weight excluding hydrogens is 530 g/mol. The Morgan fingerprint density at radius 3 is 2.67 bits per heavy atom. The SMILES string of the molecule is C=CCN(CCN1CCOCC1)C(=O)C1N([C@H](CO)c2ccccc2)C(=O)[C@@H]2[C@H](C(=O)OCC)[C@@H]3CC(C)C12S3. The molecule has 4 saturated heterocycles. The normalized spacial score (nSPS) is 32.1. The zero-order valence-electron chi connectivity index (χ0n) is 23.4. The molecule has 9 nitrogen and oxygen atoms in total. The molecule has 4 aliphatic rings. The molecule has 7 atom stereocenters. The first kappa shape index (κ1) is 29.1. The zero-order valence-corrected chi connectivity index (χ0v) is 24.3. The van der Waals surface area contributed by atoms with Gasteiger partial charge in [-0.3, -0.25) is 19.3 Å². The number of carbonyl (C=O) groups is 3. The van der Waals surface area contributed by atoms with Crippen LogP contribution in [0.1, 0.15) is 31.9 Å². The molecule has 0 aromatic heterocycles. The van der Waals surface area contributed by atoms with Crippen molar-refractivity contribution in [2.75, 3.05) is 59.2 Å². The van der Waals surface area contributed by atoms with E-state index in [1.165, 1.54) is 0 Å². The average molecular weight is 572 g/mol. The highest BCUT2D eigenvalue weighted by Gasteiger charge is 2.77. The quantitative estimate of drug-likeness (QED) is 0.318. The van der Waals surface area contributed by atoms with E-state index in [-0.39, 0.29) is 42.2 Å². The van der Waals surface area contributed by atoms with Crippen LogP contribution in [-0.4, -0.2) is 113 Å². The Bertz CT molecular complexity index is 1100. The number of carbonyl (C=O) groups excluding carboxylic acids is 3. The summed E-state index contributed by atoms with van der Waals surface area (Å²) in [6.07, 6.45) is 2.46. The first-order chi connectivity index (χ1) is 19.4. The van der Waals surface area contributed by atoms with Crippen molar-refractivity contribution in [2.24, 2.45) is 17.8 Å². The van der Waals surface area contributed by atoms with Crippen LogP contribution < -0.4 is 0 Å². The molecular formula is C30H41N3O6S. The molecule has 0 radical (unpaired) electrons. The van der Waals surface area contributed by atoms with Crippen molar-refractivity contribution >= 4 is 29.5 Å². The second-order valence-corrected chi connectivity index (χ2v) is 12.7. The molecule has 0 aliphatic carbocycles. The number of nitrogens with zero attached hydrogens (tertiary/aromatic N) is 3. The van der Waals surface area contributed by atoms with Crippen molar-refractivity contribution in [1.82, 2.24) is 14.7 Å². The fourth-order valence-electron chi connectivity index (χ4n) is 7.32. The van der Waals surface area contributed by atoms with Crippen LogP contribution in [0.15, 0.2) is 43.0 Å². The lowest BCUT2D eigenvalue weighted by molar-refractivity contribution is -0.154. The second-order valence-electron chi connectivity index (χ2n) is 11.2. The van der Waals surface area contributed by atoms with Gasteiger partial charge in [0.05, 0.1) is 49.1 Å². The Balaban J connectivity index is 1.55. The maximum absolute atomic E-state index is 14.7. The van der Waals surface area contributed by atoms with Crippen LogP contribution >= 0.6 is 11.8 Å². The van der Waals surface area contributed by atoms with E-state index in [9.17, 15) is 19.5 Å². The Morgan fingerprint density at radius 2 is 2.02 bits per heavy atom. The highest BCUT2D eigenvalue weighted by atomic mass is 32.2. The van der Waals surface area contributed by atoms with Crippen molar-refractivity contribution in [3.63, 3.8) is 0 Å². The fourth-order valence-corrected chi connectivity index (χ4v) is 9.71. The largest absolute Gasteiger partial charge is 0.466 e. The summed E-state index contributed by atoms with van der Waals surface area (Å²) in [7, 11) is 0. The van der Waals surface area contributed by atoms with E-state index >= 15 is 0 Å². The lowest BCUT2D eigenvalue weighted by atomic mass is 9.66. The lowest BCUT2D eigenvalue weighted by Crippen LogP contribution is -2.58. The first-order valence-corrected chi connectivity index (χ1v) is 15.3. The number of aliphatic hydroxyl groups is 1. The molecule has 218 valence electrons. The van der Waals surface area contributed by atoms with Crippen LogP contribution in [0.2, 0.25) is 0 Å². The third-order valence-electron chi connectivity index (χ3n) is 9.12. The maximum atomic E-state index is 14.7. The molecule has 1 aromatic rings. The summed E-state index contributed by atoms with van der Waals surface area (Å²) in [6, 6.07) is 7.83. The second kappa shape index (κ2) is 12.2. The highest BCUT2D eigenvalue weighted by molar-refractivity contribution is 8.02. The third-order valence-corrected chi connectivity index (χ3v) is 11.2. The molecule has 0 saturated carbocycles. The topological polar surface area (TPSA) is 99.6 Å². The standard InChI is InChI=1S/C30H41N3O6S/c1-4-11-32(13-12-31-14-16-38-17-15-31)28(36)26-30-20(3)18-23(40-30)24(29(37)39-5-2)25(30)27(35)33(26)22(19-34)21-9-7-6-8-10-21/h4,6-10,20,22-26,34H,1,5,11-19H2,2-3H3/t20?,22-,23+,24-,25+,26?,30?/m1/s1. The number of aliphatic hydroxyl groups excluding tert-OH is 1. The minimum atomic E-state index is -0.823. The van der Waals surface area contributed by atoms with Crippen LogP contribution in [0.3, 0.4) is 0 Å². The van der Waals surface area contributed by atoms with Crippen molar-refractivity contribution in [3.8, 4) is 0 Å². The van der Waals surface area contributed by atoms with E-state index in [2.05, 4.69) is 18.4 Å². The lowest BCUT2D eigenvalue weighted by Gasteiger charge is -2.42. The molecule has 2 bridgehead atoms. The predicted octanol–water partition coefficient (Wildman–Crippen LogP) is 1.97. The molecule has 4 heterocycles. The number of likely N-dealkylation sites (tertiary alicyclic amines) is 1. The molecule has 1 aromatic carbocycles. The number of hydrogen-bond donors (Lipinski definition) is 1. The summed E-state index contributed by atoms with van der Waals surface area (Å²) in [6.45, 7) is 12.2. The zero-order chi connectivity index (χ0) is 28.4. The molecule has 5 rings (SSSR count). The molecule has 10 heteroatoms. The number of morpholine rings is 1. The van der Waals surface area contributed by atoms with Gasteiger partial charge >= 0.3 is 5.97 Å². The van der Waals surface area contributed by atoms with Crippen LogP contribution in [0.5, 0.6) is 0 Å². The van der Waals surface area contributed by atoms with Gasteiger partial charge in [-0.15, -0.1) is 18.3 Å². The summed E-state index contributed by atoms with van der Waals surface area (Å²) in [5, 5.41) is 10.6. The molecule has 1 spiro atoms. The van der Waals surface area contributed by atoms with Gasteiger partial charge < -0.3 is 24.4 Å². The molecule has 4 fully saturated rings. The van der Waals surface area contributed by atoms with Crippen LogP contribution in [0.25, 0.3) is 0 Å². The van der Waals surface area contributed by atoms with Gasteiger partial charge in [-0.2, -0.15) is 0 Å². The summed E-state index contributed by atoms with van der Waals surface area (Å²) < 4.78 is 10.2. The van der Waals surface area contributed by atoms with Crippen molar-refractivity contribution < 1.29 is 29.0 Å². The Hall–Kier alpha value is -2.40. The van der Waals surface area contributed by atoms with E-state index in [0.29, 0.717) is 32.8 Å². The monoisotopic (exact) mass is 571 g/mol. The van der Waals surface area contributed by atoms with E-state index in [0.717, 1.165) is 25.1 Å². The van der Waals surface area contributed by atoms with Gasteiger partial charge in [0, 0.05) is 38.0 Å². The number of amides is 2. The van der Waals surface area contributed by atoms with Gasteiger partial charge in [-0.05, 0) is 24.8 Å². The average Bonchev–Trinajstić information content (AvgIpc) is 3.56. The maximum Gasteiger partial charge on any atom is 0.310 e. The number of ether oxygens (including phenoxy) is 2. The molecule has 4 aliphatic heterocycles. The third kappa shape index (κ3) is 4.86. The molecule has 3 unspecified atom stereocenters. The van der Waals surface area contributed by atoms with E-state index in [1.807, 2.05) is 30.3 Å². The number of esters is 1. The Morgan fingerprint density at radius 1 is 1.30 bits per heavy atom. The van der Waals surface area contributed by atoms with E-state index in [1.54, 1.807) is 34.6 Å². The summed E-state index contributed by atoms with van der Waals surface area (Å²) in [5.74, 6) is -2.01. The van der Waals surface area contributed by atoms with Crippen LogP contribution in [-0.2, 0) is 23.9 Å². The number of thioether (sulfide) groups is 1. The Kier molecular flexibility index (Phi) is 8.89. The summed E-state index contributed by atoms with van der Waals surface area (Å²) in [4.78, 5) is 48.2. The van der Waals surface area contributed by atoms with E-state index < -0.39 is 28.7 Å². The summed E-state index contributed by atoms with van der Waals surface area (Å²) >= 11 is 1.62. The van der Waals surface area contributed by atoms with Gasteiger partial charge in [-0.25, -0.2) is 0 Å². The molecule has 1 N–H and O–H groups in total. The number of hydrogen-bond acceptors (Lipinski definition) is 8. The van der Waals surface area contributed by atoms with Crippen LogP contribution in [0, 0.1) is 17.8 Å². The fraction of sp³-hybridized carbons (Fsp3) is 0.633. The molecule has 2 amide bonds. The van der Waals surface area contributed by atoms with Crippen molar-refractivity contribution in [2.45, 2.75) is 42.3 Å². The number of fused-ring (bicyclic) bond motifs is 1. The number of rotatable bonds is 11. The highest BCUT2D eigenvalue weighted by Crippen LogP contribution is 2.69. The molecule has 40 heavy (non-hydrogen) atoms. The van der Waals surface area contributed by atoms with Crippen molar-refractivity contribution in [3.05, 3.63) is 48.6 Å². The van der Waals surface area contributed by atoms with Gasteiger partial charge in [0.2, 0.25) is 11.8 Å². The van der Waals surface area contributed by atoms with E-state index in [4.69, 9.17) is 9.47 Å². The minimum Gasteiger partial charge on any atom is -0.466 e. The Labute approximate surface area is 240 Å². The summed E-state index contributed by atoms with van der Waals surface area (Å²) in [5.41, 5.74) is 0.760. The predicted molar refractivity (Wildman–Crippen MR) is 152 cm³/mol. The van der Waals surface area contributed by atoms with Crippen molar-refractivity contribution in [1.29, 1.82) is 0 Å². The smallest absolute Gasteiger partial charge is 0.310 e. The number of benzene rings is 1. The minimum absolute atomic E-state index is 0.0287. The van der Waals surface area contributed by atoms with Crippen LogP contribution in [0.4, 0.5) is 0 Å². The van der Waals surface area contributed by atoms with Gasteiger partial charge in [-0.1, -0.05) is 43.3 Å².